The van der Waals surface area contributed by atoms with Crippen molar-refractivity contribution in [3.63, 3.8) is 0 Å². The largest absolute Gasteiger partial charge is 0.385 e. The van der Waals surface area contributed by atoms with Crippen molar-refractivity contribution in [3.05, 3.63) is 45.3 Å². The maximum absolute atomic E-state index is 12.3. The van der Waals surface area contributed by atoms with E-state index in [9.17, 15) is 9.59 Å². The number of hydrogen-bond donors (Lipinski definition) is 2. The molecule has 1 aromatic carbocycles. The first-order chi connectivity index (χ1) is 12.0. The first-order valence-electron chi connectivity index (χ1n) is 7.84. The van der Waals surface area contributed by atoms with Crippen LogP contribution in [0.1, 0.15) is 18.9 Å². The van der Waals surface area contributed by atoms with Gasteiger partial charge in [-0.25, -0.2) is 9.89 Å². The van der Waals surface area contributed by atoms with E-state index in [1.165, 1.54) is 16.3 Å². The number of carbonyl (C=O) groups excluding carboxylic acids is 1. The van der Waals surface area contributed by atoms with Gasteiger partial charge >= 0.3 is 5.69 Å². The average molecular weight is 385 g/mol. The Balaban J connectivity index is 1.90. The van der Waals surface area contributed by atoms with E-state index in [-0.39, 0.29) is 16.8 Å². The summed E-state index contributed by atoms with van der Waals surface area (Å²) >= 11 is 7.08. The minimum atomic E-state index is -0.385. The predicted octanol–water partition coefficient (Wildman–Crippen LogP) is 2.06. The van der Waals surface area contributed by atoms with E-state index in [0.717, 1.165) is 5.56 Å². The molecule has 2 rings (SSSR count). The molecule has 1 atom stereocenters. The topological polar surface area (TPSA) is 89.0 Å². The zero-order valence-electron chi connectivity index (χ0n) is 14.1. The number of benzene rings is 1. The summed E-state index contributed by atoms with van der Waals surface area (Å²) < 4.78 is 6.52. The molecular weight excluding hydrogens is 364 g/mol. The van der Waals surface area contributed by atoms with Crippen molar-refractivity contribution in [2.24, 2.45) is 0 Å². The van der Waals surface area contributed by atoms with E-state index in [2.05, 4.69) is 15.5 Å². The fourth-order valence-electron chi connectivity index (χ4n) is 2.10. The molecule has 136 valence electrons. The standard InChI is InChI=1S/C16H21ClN4O3S/c1-11(14(22)18-10-12-4-6-13(17)7-5-12)25-16-20-19-15(23)21(16)8-3-9-24-2/h4-7,11H,3,8-10H2,1-2H3,(H,18,22)(H,19,23). The minimum absolute atomic E-state index is 0.126. The van der Waals surface area contributed by atoms with Crippen molar-refractivity contribution in [1.82, 2.24) is 20.1 Å². The third-order valence-electron chi connectivity index (χ3n) is 3.48. The second kappa shape index (κ2) is 9.65. The Labute approximate surface area is 155 Å². The van der Waals surface area contributed by atoms with Crippen molar-refractivity contribution in [2.75, 3.05) is 13.7 Å². The van der Waals surface area contributed by atoms with Crippen LogP contribution in [0.3, 0.4) is 0 Å². The van der Waals surface area contributed by atoms with E-state index in [1.54, 1.807) is 26.2 Å². The van der Waals surface area contributed by atoms with Gasteiger partial charge in [0.25, 0.3) is 0 Å². The number of nitrogens with zero attached hydrogens (tertiary/aromatic N) is 2. The fourth-order valence-corrected chi connectivity index (χ4v) is 3.14. The Kier molecular flexibility index (Phi) is 7.54. The van der Waals surface area contributed by atoms with Crippen molar-refractivity contribution in [3.8, 4) is 0 Å². The number of thioether (sulfide) groups is 1. The molecule has 0 aliphatic heterocycles. The van der Waals surface area contributed by atoms with E-state index in [1.807, 2.05) is 12.1 Å². The zero-order chi connectivity index (χ0) is 18.2. The summed E-state index contributed by atoms with van der Waals surface area (Å²) in [5.41, 5.74) is 0.679. The molecule has 7 nitrogen and oxygen atoms in total. The summed E-state index contributed by atoms with van der Waals surface area (Å²) in [6, 6.07) is 7.29. The molecule has 0 fully saturated rings. The average Bonchev–Trinajstić information content (AvgIpc) is 2.94. The van der Waals surface area contributed by atoms with Crippen LogP contribution in [0.4, 0.5) is 0 Å². The number of halogens is 1. The molecule has 9 heteroatoms. The Morgan fingerprint density at radius 1 is 1.44 bits per heavy atom. The number of carbonyl (C=O) groups is 1. The molecular formula is C16H21ClN4O3S. The molecule has 0 saturated carbocycles. The number of amides is 1. The van der Waals surface area contributed by atoms with Gasteiger partial charge in [0.05, 0.1) is 5.25 Å². The van der Waals surface area contributed by atoms with E-state index < -0.39 is 0 Å². The lowest BCUT2D eigenvalue weighted by Gasteiger charge is -2.12. The lowest BCUT2D eigenvalue weighted by Crippen LogP contribution is -2.30. The van der Waals surface area contributed by atoms with Crippen molar-refractivity contribution in [2.45, 2.75) is 36.8 Å². The van der Waals surface area contributed by atoms with Crippen LogP contribution in [-0.4, -0.2) is 39.6 Å². The van der Waals surface area contributed by atoms with Crippen molar-refractivity contribution >= 4 is 29.3 Å². The molecule has 2 aromatic rings. The Morgan fingerprint density at radius 2 is 2.16 bits per heavy atom. The molecule has 0 radical (unpaired) electrons. The molecule has 2 N–H and O–H groups in total. The maximum Gasteiger partial charge on any atom is 0.343 e. The monoisotopic (exact) mass is 384 g/mol. The van der Waals surface area contributed by atoms with Crippen LogP contribution in [0.15, 0.2) is 34.2 Å². The molecule has 1 unspecified atom stereocenters. The molecule has 1 heterocycles. The summed E-state index contributed by atoms with van der Waals surface area (Å²) in [4.78, 5) is 24.1. The number of aromatic amines is 1. The Morgan fingerprint density at radius 3 is 2.84 bits per heavy atom. The molecule has 0 aliphatic rings. The first-order valence-corrected chi connectivity index (χ1v) is 9.10. The van der Waals surface area contributed by atoms with Gasteiger partial charge in [-0.3, -0.25) is 9.36 Å². The van der Waals surface area contributed by atoms with Crippen molar-refractivity contribution in [1.29, 1.82) is 0 Å². The smallest absolute Gasteiger partial charge is 0.343 e. The quantitative estimate of drug-likeness (QED) is 0.510. The van der Waals surface area contributed by atoms with Gasteiger partial charge in [0.2, 0.25) is 5.91 Å². The summed E-state index contributed by atoms with van der Waals surface area (Å²) in [6.07, 6.45) is 0.695. The normalized spacial score (nSPS) is 12.1. The van der Waals surface area contributed by atoms with Crippen LogP contribution >= 0.6 is 23.4 Å². The predicted molar refractivity (Wildman–Crippen MR) is 98.0 cm³/mol. The minimum Gasteiger partial charge on any atom is -0.385 e. The summed E-state index contributed by atoms with van der Waals surface area (Å²) in [5, 5.41) is 10.1. The molecule has 1 aromatic heterocycles. The molecule has 0 aliphatic carbocycles. The number of ether oxygens (including phenoxy) is 1. The number of rotatable bonds is 9. The highest BCUT2D eigenvalue weighted by molar-refractivity contribution is 8.00. The number of methoxy groups -OCH3 is 1. The summed E-state index contributed by atoms with van der Waals surface area (Å²) in [7, 11) is 1.61. The number of nitrogens with one attached hydrogen (secondary N) is 2. The highest BCUT2D eigenvalue weighted by Crippen LogP contribution is 2.20. The number of aromatic nitrogens is 3. The second-order valence-electron chi connectivity index (χ2n) is 5.41. The highest BCUT2D eigenvalue weighted by atomic mass is 35.5. The zero-order valence-corrected chi connectivity index (χ0v) is 15.7. The second-order valence-corrected chi connectivity index (χ2v) is 7.16. The van der Waals surface area contributed by atoms with Crippen LogP contribution < -0.4 is 11.0 Å². The van der Waals surface area contributed by atoms with E-state index >= 15 is 0 Å². The van der Waals surface area contributed by atoms with Gasteiger partial charge in [0.1, 0.15) is 0 Å². The van der Waals surface area contributed by atoms with E-state index in [0.29, 0.717) is 36.3 Å². The van der Waals surface area contributed by atoms with E-state index in [4.69, 9.17) is 16.3 Å². The van der Waals surface area contributed by atoms with Gasteiger partial charge in [-0.15, -0.1) is 5.10 Å². The molecule has 0 saturated heterocycles. The van der Waals surface area contributed by atoms with Gasteiger partial charge < -0.3 is 10.1 Å². The highest BCUT2D eigenvalue weighted by Gasteiger charge is 2.18. The molecule has 1 amide bonds. The molecule has 0 bridgehead atoms. The third kappa shape index (κ3) is 5.91. The van der Waals surface area contributed by atoms with Gasteiger partial charge in [-0.2, -0.15) is 0 Å². The van der Waals surface area contributed by atoms with Crippen LogP contribution in [-0.2, 0) is 22.6 Å². The van der Waals surface area contributed by atoms with Crippen LogP contribution in [0.2, 0.25) is 5.02 Å². The Hall–Kier alpha value is -1.77. The SMILES string of the molecule is COCCCn1c(SC(C)C(=O)NCc2ccc(Cl)cc2)n[nH]c1=O. The van der Waals surface area contributed by atoms with Crippen molar-refractivity contribution < 1.29 is 9.53 Å². The lowest BCUT2D eigenvalue weighted by atomic mass is 10.2. The molecule has 25 heavy (non-hydrogen) atoms. The van der Waals surface area contributed by atoms with Gasteiger partial charge in [0.15, 0.2) is 5.16 Å². The van der Waals surface area contributed by atoms with Gasteiger partial charge in [-0.1, -0.05) is 35.5 Å². The first kappa shape index (κ1) is 19.6. The fraction of sp³-hybridized carbons (Fsp3) is 0.438. The Bertz CT molecular complexity index is 745. The maximum atomic E-state index is 12.3. The van der Waals surface area contributed by atoms with Crippen LogP contribution in [0, 0.1) is 0 Å². The lowest BCUT2D eigenvalue weighted by molar-refractivity contribution is -0.120. The van der Waals surface area contributed by atoms with Gasteiger partial charge in [-0.05, 0) is 31.0 Å². The summed E-state index contributed by atoms with van der Waals surface area (Å²) in [6.45, 7) is 3.24. The number of H-pyrrole nitrogens is 1. The molecule has 0 spiro atoms. The third-order valence-corrected chi connectivity index (χ3v) is 4.83. The van der Waals surface area contributed by atoms with Gasteiger partial charge in [0, 0.05) is 31.8 Å². The van der Waals surface area contributed by atoms with Crippen LogP contribution in [0.25, 0.3) is 0 Å². The summed E-state index contributed by atoms with van der Waals surface area (Å²) in [5.74, 6) is -0.126. The number of hydrogen-bond acceptors (Lipinski definition) is 5. The van der Waals surface area contributed by atoms with Crippen LogP contribution in [0.5, 0.6) is 0 Å².